The number of hydrogen-bond donors (Lipinski definition) is 0. The number of rotatable bonds is 0. The molecule has 62 valence electrons. The summed E-state index contributed by atoms with van der Waals surface area (Å²) in [5.41, 5.74) is 0. The second kappa shape index (κ2) is 3.94. The van der Waals surface area contributed by atoms with Crippen molar-refractivity contribution >= 4 is 28.7 Å². The van der Waals surface area contributed by atoms with Gasteiger partial charge in [-0.05, 0) is 32.6 Å². The van der Waals surface area contributed by atoms with Crippen LogP contribution in [-0.2, 0) is 4.74 Å². The number of methoxy groups -OCH3 is 1. The van der Waals surface area contributed by atoms with Crippen molar-refractivity contribution in [1.82, 2.24) is 4.90 Å². The molecule has 0 unspecified atom stereocenters. The Morgan fingerprint density at radius 3 is 3.00 bits per heavy atom. The topological polar surface area (TPSA) is 29.5 Å². The SMILES string of the molecule is COC(=O)N1CC=C(I)CC1. The number of ether oxygens (including phenoxy) is 1. The Morgan fingerprint density at radius 1 is 1.82 bits per heavy atom. The number of hydrogen-bond acceptors (Lipinski definition) is 2. The quantitative estimate of drug-likeness (QED) is 0.626. The molecule has 0 radical (unpaired) electrons. The molecule has 1 aliphatic heterocycles. The molecule has 0 fully saturated rings. The van der Waals surface area contributed by atoms with Crippen LogP contribution in [0.15, 0.2) is 9.66 Å². The van der Waals surface area contributed by atoms with Gasteiger partial charge in [-0.3, -0.25) is 0 Å². The molecule has 0 N–H and O–H groups in total. The van der Waals surface area contributed by atoms with Crippen molar-refractivity contribution in [3.8, 4) is 0 Å². The van der Waals surface area contributed by atoms with Crippen LogP contribution in [0.25, 0.3) is 0 Å². The third-order valence-electron chi connectivity index (χ3n) is 1.59. The number of carbonyl (C=O) groups is 1. The Bertz CT molecular complexity index is 191. The molecule has 11 heavy (non-hydrogen) atoms. The molecule has 0 saturated heterocycles. The van der Waals surface area contributed by atoms with Crippen molar-refractivity contribution in [3.05, 3.63) is 9.66 Å². The first-order chi connectivity index (χ1) is 5.24. The van der Waals surface area contributed by atoms with Gasteiger partial charge in [-0.15, -0.1) is 0 Å². The van der Waals surface area contributed by atoms with Gasteiger partial charge >= 0.3 is 6.09 Å². The van der Waals surface area contributed by atoms with E-state index in [1.165, 1.54) is 10.7 Å². The number of amides is 1. The van der Waals surface area contributed by atoms with E-state index in [1.54, 1.807) is 4.90 Å². The standard InChI is InChI=1S/C7H10INO2/c1-11-7(10)9-4-2-6(8)3-5-9/h2H,3-5H2,1H3. The van der Waals surface area contributed by atoms with E-state index in [-0.39, 0.29) is 6.09 Å². The number of halogens is 1. The second-order valence-electron chi connectivity index (χ2n) is 2.32. The minimum atomic E-state index is -0.231. The zero-order valence-electron chi connectivity index (χ0n) is 6.34. The first kappa shape index (κ1) is 8.83. The van der Waals surface area contributed by atoms with E-state index < -0.39 is 0 Å². The van der Waals surface area contributed by atoms with Crippen LogP contribution in [0.1, 0.15) is 6.42 Å². The number of carbonyl (C=O) groups excluding carboxylic acids is 1. The summed E-state index contributed by atoms with van der Waals surface area (Å²) in [6.07, 6.45) is 2.77. The van der Waals surface area contributed by atoms with Gasteiger partial charge < -0.3 is 9.64 Å². The normalized spacial score (nSPS) is 17.6. The highest BCUT2D eigenvalue weighted by atomic mass is 127. The summed E-state index contributed by atoms with van der Waals surface area (Å²) in [7, 11) is 1.41. The molecule has 1 heterocycles. The van der Waals surface area contributed by atoms with Crippen molar-refractivity contribution in [2.75, 3.05) is 20.2 Å². The van der Waals surface area contributed by atoms with Gasteiger partial charge in [0.2, 0.25) is 0 Å². The van der Waals surface area contributed by atoms with Crippen LogP contribution in [0.5, 0.6) is 0 Å². The molecule has 0 bridgehead atoms. The maximum absolute atomic E-state index is 10.9. The predicted octanol–water partition coefficient (Wildman–Crippen LogP) is 1.78. The summed E-state index contributed by atoms with van der Waals surface area (Å²) in [6, 6.07) is 0. The number of nitrogens with zero attached hydrogens (tertiary/aromatic N) is 1. The van der Waals surface area contributed by atoms with Crippen molar-refractivity contribution in [1.29, 1.82) is 0 Å². The molecule has 0 aromatic heterocycles. The molecule has 0 aromatic carbocycles. The zero-order valence-corrected chi connectivity index (χ0v) is 8.50. The third-order valence-corrected chi connectivity index (χ3v) is 2.57. The molecule has 1 amide bonds. The van der Waals surface area contributed by atoms with E-state index in [0.29, 0.717) is 6.54 Å². The van der Waals surface area contributed by atoms with E-state index in [9.17, 15) is 4.79 Å². The molecule has 0 spiro atoms. The monoisotopic (exact) mass is 267 g/mol. The van der Waals surface area contributed by atoms with Crippen molar-refractivity contribution < 1.29 is 9.53 Å². The maximum atomic E-state index is 10.9. The van der Waals surface area contributed by atoms with E-state index in [4.69, 9.17) is 0 Å². The molecule has 4 heteroatoms. The minimum Gasteiger partial charge on any atom is -0.453 e. The first-order valence-electron chi connectivity index (χ1n) is 3.41. The fraction of sp³-hybridized carbons (Fsp3) is 0.571. The van der Waals surface area contributed by atoms with Gasteiger partial charge in [-0.1, -0.05) is 6.08 Å². The molecule has 0 atom stereocenters. The molecule has 1 rings (SSSR count). The molecule has 0 saturated carbocycles. The highest BCUT2D eigenvalue weighted by molar-refractivity contribution is 14.1. The van der Waals surface area contributed by atoms with Crippen LogP contribution in [0.2, 0.25) is 0 Å². The molecule has 1 aliphatic rings. The summed E-state index contributed by atoms with van der Waals surface area (Å²) in [6.45, 7) is 1.46. The lowest BCUT2D eigenvalue weighted by molar-refractivity contribution is 0.127. The molecular formula is C7H10INO2. The van der Waals surface area contributed by atoms with Crippen LogP contribution >= 0.6 is 22.6 Å². The Hall–Kier alpha value is -0.260. The lowest BCUT2D eigenvalue weighted by atomic mass is 10.3. The van der Waals surface area contributed by atoms with E-state index in [2.05, 4.69) is 27.3 Å². The fourth-order valence-corrected chi connectivity index (χ4v) is 1.38. The largest absolute Gasteiger partial charge is 0.453 e. The van der Waals surface area contributed by atoms with Crippen LogP contribution in [0, 0.1) is 0 Å². The summed E-state index contributed by atoms with van der Waals surface area (Å²) >= 11 is 2.28. The fourth-order valence-electron chi connectivity index (χ4n) is 0.939. The van der Waals surface area contributed by atoms with Gasteiger partial charge in [0.15, 0.2) is 0 Å². The van der Waals surface area contributed by atoms with E-state index in [1.807, 2.05) is 6.08 Å². The van der Waals surface area contributed by atoms with Gasteiger partial charge in [-0.2, -0.15) is 0 Å². The van der Waals surface area contributed by atoms with Crippen molar-refractivity contribution in [2.45, 2.75) is 6.42 Å². The lowest BCUT2D eigenvalue weighted by Gasteiger charge is -2.22. The Morgan fingerprint density at radius 2 is 2.55 bits per heavy atom. The van der Waals surface area contributed by atoms with Gasteiger partial charge in [0, 0.05) is 13.1 Å². The third kappa shape index (κ3) is 2.36. The van der Waals surface area contributed by atoms with Crippen molar-refractivity contribution in [3.63, 3.8) is 0 Å². The minimum absolute atomic E-state index is 0.231. The van der Waals surface area contributed by atoms with E-state index in [0.717, 1.165) is 13.0 Å². The van der Waals surface area contributed by atoms with Gasteiger partial charge in [0.25, 0.3) is 0 Å². The maximum Gasteiger partial charge on any atom is 0.409 e. The zero-order chi connectivity index (χ0) is 8.27. The Balaban J connectivity index is 2.47. The first-order valence-corrected chi connectivity index (χ1v) is 4.49. The second-order valence-corrected chi connectivity index (χ2v) is 3.70. The summed E-state index contributed by atoms with van der Waals surface area (Å²) in [5, 5.41) is 0. The molecule has 0 aromatic rings. The smallest absolute Gasteiger partial charge is 0.409 e. The van der Waals surface area contributed by atoms with Gasteiger partial charge in [0.1, 0.15) is 0 Å². The predicted molar refractivity (Wildman–Crippen MR) is 50.7 cm³/mol. The van der Waals surface area contributed by atoms with Crippen LogP contribution in [-0.4, -0.2) is 31.2 Å². The van der Waals surface area contributed by atoms with Gasteiger partial charge in [-0.25, -0.2) is 4.79 Å². The Kier molecular flexibility index (Phi) is 3.16. The summed E-state index contributed by atoms with van der Waals surface area (Å²) in [5.74, 6) is 0. The summed E-state index contributed by atoms with van der Waals surface area (Å²) in [4.78, 5) is 12.6. The average molecular weight is 267 g/mol. The Labute approximate surface area is 79.5 Å². The average Bonchev–Trinajstić information content (AvgIpc) is 2.05. The van der Waals surface area contributed by atoms with Crippen molar-refractivity contribution in [2.24, 2.45) is 0 Å². The lowest BCUT2D eigenvalue weighted by Crippen LogP contribution is -2.34. The highest BCUT2D eigenvalue weighted by Crippen LogP contribution is 2.16. The molecule has 3 nitrogen and oxygen atoms in total. The van der Waals surface area contributed by atoms with Gasteiger partial charge in [0.05, 0.1) is 7.11 Å². The molecular weight excluding hydrogens is 257 g/mol. The van der Waals surface area contributed by atoms with Crippen LogP contribution < -0.4 is 0 Å². The van der Waals surface area contributed by atoms with Crippen LogP contribution in [0.4, 0.5) is 4.79 Å². The van der Waals surface area contributed by atoms with E-state index >= 15 is 0 Å². The summed E-state index contributed by atoms with van der Waals surface area (Å²) < 4.78 is 5.90. The molecule has 0 aliphatic carbocycles. The van der Waals surface area contributed by atoms with Crippen LogP contribution in [0.3, 0.4) is 0 Å². The highest BCUT2D eigenvalue weighted by Gasteiger charge is 2.15.